The highest BCUT2D eigenvalue weighted by molar-refractivity contribution is 5.69. The molecule has 0 aromatic carbocycles. The highest BCUT2D eigenvalue weighted by Crippen LogP contribution is 2.14. The Morgan fingerprint density at radius 2 is 1.65 bits per heavy atom. The number of nitrogens with one attached hydrogen (secondary N) is 1. The van der Waals surface area contributed by atoms with Crippen LogP contribution in [0.2, 0.25) is 0 Å². The van der Waals surface area contributed by atoms with E-state index < -0.39 is 5.60 Å². The number of alkyl carbamates (subject to hydrolysis) is 1. The molecule has 0 spiro atoms. The molecule has 0 unspecified atom stereocenters. The van der Waals surface area contributed by atoms with Crippen LogP contribution in [0.15, 0.2) is 0 Å². The second-order valence-corrected chi connectivity index (χ2v) is 8.08. The van der Waals surface area contributed by atoms with Crippen molar-refractivity contribution in [1.82, 2.24) is 10.2 Å². The SMILES string of the molecule is CCOC(=O)CCCCCCCN1CCC(NC(=O)OC(C)(C)C)CC1. The van der Waals surface area contributed by atoms with E-state index in [1.54, 1.807) is 0 Å². The number of amides is 1. The van der Waals surface area contributed by atoms with Gasteiger partial charge >= 0.3 is 12.1 Å². The van der Waals surface area contributed by atoms with Crippen molar-refractivity contribution in [1.29, 1.82) is 0 Å². The minimum atomic E-state index is -0.443. The van der Waals surface area contributed by atoms with Gasteiger partial charge in [-0.05, 0) is 59.9 Å². The molecule has 26 heavy (non-hydrogen) atoms. The van der Waals surface area contributed by atoms with Crippen LogP contribution in [0.4, 0.5) is 4.79 Å². The summed E-state index contributed by atoms with van der Waals surface area (Å²) >= 11 is 0. The zero-order valence-electron chi connectivity index (χ0n) is 17.1. The van der Waals surface area contributed by atoms with E-state index in [0.29, 0.717) is 13.0 Å². The zero-order chi connectivity index (χ0) is 19.4. The molecular formula is C20H38N2O4. The summed E-state index contributed by atoms with van der Waals surface area (Å²) in [6.45, 7) is 11.1. The fourth-order valence-corrected chi connectivity index (χ4v) is 3.14. The highest BCUT2D eigenvalue weighted by atomic mass is 16.6. The third-order valence-electron chi connectivity index (χ3n) is 4.47. The van der Waals surface area contributed by atoms with Gasteiger partial charge in [-0.15, -0.1) is 0 Å². The first kappa shape index (κ1) is 22.7. The van der Waals surface area contributed by atoms with E-state index in [-0.39, 0.29) is 18.1 Å². The smallest absolute Gasteiger partial charge is 0.407 e. The molecular weight excluding hydrogens is 332 g/mol. The van der Waals surface area contributed by atoms with Crippen molar-refractivity contribution >= 4 is 12.1 Å². The Hall–Kier alpha value is -1.30. The number of esters is 1. The van der Waals surface area contributed by atoms with Crippen LogP contribution in [0.3, 0.4) is 0 Å². The predicted molar refractivity (Wildman–Crippen MR) is 103 cm³/mol. The van der Waals surface area contributed by atoms with Gasteiger partial charge in [0.25, 0.3) is 0 Å². The van der Waals surface area contributed by atoms with Crippen LogP contribution in [-0.2, 0) is 14.3 Å². The van der Waals surface area contributed by atoms with Crippen molar-refractivity contribution in [2.45, 2.75) is 90.7 Å². The van der Waals surface area contributed by atoms with Gasteiger partial charge in [0.05, 0.1) is 6.61 Å². The van der Waals surface area contributed by atoms with Crippen LogP contribution in [0, 0.1) is 0 Å². The van der Waals surface area contributed by atoms with Crippen LogP contribution in [0.25, 0.3) is 0 Å². The molecule has 0 aromatic rings. The van der Waals surface area contributed by atoms with E-state index in [2.05, 4.69) is 10.2 Å². The molecule has 0 atom stereocenters. The Kier molecular flexibility index (Phi) is 10.6. The predicted octanol–water partition coefficient (Wildman–Crippen LogP) is 3.88. The lowest BCUT2D eigenvalue weighted by Gasteiger charge is -2.32. The number of carbonyl (C=O) groups is 2. The third kappa shape index (κ3) is 11.3. The van der Waals surface area contributed by atoms with Crippen LogP contribution in [0.1, 0.15) is 79.1 Å². The zero-order valence-corrected chi connectivity index (χ0v) is 17.1. The van der Waals surface area contributed by atoms with Gasteiger partial charge in [-0.2, -0.15) is 0 Å². The molecule has 1 amide bonds. The van der Waals surface area contributed by atoms with Crippen molar-refractivity contribution in [3.05, 3.63) is 0 Å². The summed E-state index contributed by atoms with van der Waals surface area (Å²) in [4.78, 5) is 25.5. The molecule has 0 aromatic heterocycles. The van der Waals surface area contributed by atoms with E-state index in [1.165, 1.54) is 19.3 Å². The van der Waals surface area contributed by atoms with Gasteiger partial charge in [0.15, 0.2) is 0 Å². The molecule has 0 bridgehead atoms. The summed E-state index contributed by atoms with van der Waals surface area (Å²) in [5.41, 5.74) is -0.443. The summed E-state index contributed by atoms with van der Waals surface area (Å²) in [6.07, 6.45) is 7.82. The lowest BCUT2D eigenvalue weighted by molar-refractivity contribution is -0.143. The number of rotatable bonds is 10. The maximum Gasteiger partial charge on any atom is 0.407 e. The molecule has 1 saturated heterocycles. The number of hydrogen-bond acceptors (Lipinski definition) is 5. The molecule has 6 heteroatoms. The first-order chi connectivity index (χ1) is 12.3. The largest absolute Gasteiger partial charge is 0.466 e. The fourth-order valence-electron chi connectivity index (χ4n) is 3.14. The number of ether oxygens (including phenoxy) is 2. The van der Waals surface area contributed by atoms with Crippen LogP contribution in [0.5, 0.6) is 0 Å². The summed E-state index contributed by atoms with van der Waals surface area (Å²) < 4.78 is 10.2. The van der Waals surface area contributed by atoms with Crippen LogP contribution in [-0.4, -0.2) is 54.8 Å². The van der Waals surface area contributed by atoms with Crippen molar-refractivity contribution in [3.8, 4) is 0 Å². The average molecular weight is 371 g/mol. The van der Waals surface area contributed by atoms with E-state index in [1.807, 2.05) is 27.7 Å². The first-order valence-corrected chi connectivity index (χ1v) is 10.2. The van der Waals surface area contributed by atoms with Gasteiger partial charge in [-0.25, -0.2) is 4.79 Å². The minimum absolute atomic E-state index is 0.0737. The second-order valence-electron chi connectivity index (χ2n) is 8.08. The third-order valence-corrected chi connectivity index (χ3v) is 4.47. The molecule has 0 radical (unpaired) electrons. The van der Waals surface area contributed by atoms with Gasteiger partial charge in [0.2, 0.25) is 0 Å². The molecule has 0 aliphatic carbocycles. The Balaban J connectivity index is 2.00. The number of carbonyl (C=O) groups excluding carboxylic acids is 2. The van der Waals surface area contributed by atoms with Crippen molar-refractivity contribution < 1.29 is 19.1 Å². The Labute approximate surface area is 159 Å². The maximum atomic E-state index is 11.8. The van der Waals surface area contributed by atoms with Crippen molar-refractivity contribution in [3.63, 3.8) is 0 Å². The molecule has 0 saturated carbocycles. The number of nitrogens with zero attached hydrogens (tertiary/aromatic N) is 1. The van der Waals surface area contributed by atoms with Gasteiger partial charge in [0, 0.05) is 25.6 Å². The monoisotopic (exact) mass is 370 g/mol. The number of likely N-dealkylation sites (tertiary alicyclic amines) is 1. The Bertz CT molecular complexity index is 413. The molecule has 6 nitrogen and oxygen atoms in total. The molecule has 1 N–H and O–H groups in total. The van der Waals surface area contributed by atoms with E-state index >= 15 is 0 Å². The van der Waals surface area contributed by atoms with Gasteiger partial charge in [-0.3, -0.25) is 4.79 Å². The maximum absolute atomic E-state index is 11.8. The van der Waals surface area contributed by atoms with Crippen molar-refractivity contribution in [2.75, 3.05) is 26.2 Å². The second kappa shape index (κ2) is 12.2. The lowest BCUT2D eigenvalue weighted by Crippen LogP contribution is -2.46. The highest BCUT2D eigenvalue weighted by Gasteiger charge is 2.23. The van der Waals surface area contributed by atoms with Crippen molar-refractivity contribution in [2.24, 2.45) is 0 Å². The first-order valence-electron chi connectivity index (χ1n) is 10.2. The van der Waals surface area contributed by atoms with Gasteiger partial charge in [0.1, 0.15) is 5.60 Å². The topological polar surface area (TPSA) is 67.9 Å². The molecule has 1 aliphatic heterocycles. The normalized spacial score (nSPS) is 16.3. The summed E-state index contributed by atoms with van der Waals surface area (Å²) in [5.74, 6) is -0.0737. The summed E-state index contributed by atoms with van der Waals surface area (Å²) in [6, 6.07) is 0.226. The molecule has 1 rings (SSSR count). The summed E-state index contributed by atoms with van der Waals surface area (Å²) in [7, 11) is 0. The summed E-state index contributed by atoms with van der Waals surface area (Å²) in [5, 5.41) is 2.98. The molecule has 1 heterocycles. The Morgan fingerprint density at radius 3 is 2.27 bits per heavy atom. The van der Waals surface area contributed by atoms with Gasteiger partial charge in [-0.1, -0.05) is 19.3 Å². The number of hydrogen-bond donors (Lipinski definition) is 1. The Morgan fingerprint density at radius 1 is 1.04 bits per heavy atom. The van der Waals surface area contributed by atoms with Crippen LogP contribution >= 0.6 is 0 Å². The lowest BCUT2D eigenvalue weighted by atomic mass is 10.0. The quantitative estimate of drug-likeness (QED) is 0.467. The van der Waals surface area contributed by atoms with E-state index in [4.69, 9.17) is 9.47 Å². The fraction of sp³-hybridized carbons (Fsp3) is 0.900. The number of piperidine rings is 1. The standard InChI is InChI=1S/C20H38N2O4/c1-5-25-18(23)11-9-7-6-8-10-14-22-15-12-17(13-16-22)21-19(24)26-20(2,3)4/h17H,5-16H2,1-4H3,(H,21,24). The number of unbranched alkanes of at least 4 members (excludes halogenated alkanes) is 4. The van der Waals surface area contributed by atoms with Gasteiger partial charge < -0.3 is 19.7 Å². The molecule has 152 valence electrons. The minimum Gasteiger partial charge on any atom is -0.466 e. The molecule has 1 fully saturated rings. The molecule has 1 aliphatic rings. The van der Waals surface area contributed by atoms with Crippen LogP contribution < -0.4 is 5.32 Å². The average Bonchev–Trinajstić information content (AvgIpc) is 2.54. The van der Waals surface area contributed by atoms with E-state index in [9.17, 15) is 9.59 Å². The van der Waals surface area contributed by atoms with E-state index in [0.717, 1.165) is 45.3 Å².